The Labute approximate surface area is 179 Å². The number of hydrogen-bond donors (Lipinski definition) is 1. The van der Waals surface area contributed by atoms with E-state index in [-0.39, 0.29) is 11.5 Å². The number of piperidine rings is 1. The lowest BCUT2D eigenvalue weighted by Gasteiger charge is -2.33. The van der Waals surface area contributed by atoms with Crippen molar-refractivity contribution in [1.29, 1.82) is 0 Å². The highest BCUT2D eigenvalue weighted by Gasteiger charge is 2.25. The Hall–Kier alpha value is -2.25. The predicted molar refractivity (Wildman–Crippen MR) is 119 cm³/mol. The number of nitrogens with one attached hydrogen (secondary N) is 1. The Bertz CT molecular complexity index is 998. The normalized spacial score (nSPS) is 18.7. The lowest BCUT2D eigenvalue weighted by atomic mass is 10.0. The summed E-state index contributed by atoms with van der Waals surface area (Å²) in [4.78, 5) is 2.46. The summed E-state index contributed by atoms with van der Waals surface area (Å²) in [6.45, 7) is 5.53. The molecule has 1 fully saturated rings. The van der Waals surface area contributed by atoms with Crippen molar-refractivity contribution in [2.75, 3.05) is 32.1 Å². The van der Waals surface area contributed by atoms with Crippen molar-refractivity contribution in [3.05, 3.63) is 53.1 Å². The fourth-order valence-corrected chi connectivity index (χ4v) is 5.93. The average molecular weight is 431 g/mol. The van der Waals surface area contributed by atoms with Crippen molar-refractivity contribution < 1.29 is 17.9 Å². The average Bonchev–Trinajstić information content (AvgIpc) is 3.03. The van der Waals surface area contributed by atoms with Crippen molar-refractivity contribution in [1.82, 2.24) is 4.90 Å². The molecule has 2 aliphatic rings. The topological polar surface area (TPSA) is 67.9 Å². The molecule has 7 heteroatoms. The van der Waals surface area contributed by atoms with Crippen LogP contribution < -0.4 is 14.8 Å². The van der Waals surface area contributed by atoms with Gasteiger partial charge in [-0.3, -0.25) is 4.90 Å². The van der Waals surface area contributed by atoms with Crippen LogP contribution in [0.3, 0.4) is 0 Å². The van der Waals surface area contributed by atoms with Crippen LogP contribution in [-0.2, 0) is 27.9 Å². The molecule has 162 valence electrons. The Morgan fingerprint density at radius 1 is 1.03 bits per heavy atom. The number of hydrogen-bond acceptors (Lipinski definition) is 6. The van der Waals surface area contributed by atoms with Gasteiger partial charge < -0.3 is 14.8 Å². The van der Waals surface area contributed by atoms with Crippen LogP contribution in [-0.4, -0.2) is 46.2 Å². The zero-order chi connectivity index (χ0) is 21.1. The van der Waals surface area contributed by atoms with Crippen LogP contribution in [0.15, 0.2) is 36.4 Å². The second kappa shape index (κ2) is 8.86. The zero-order valence-electron chi connectivity index (χ0n) is 17.7. The van der Waals surface area contributed by atoms with Gasteiger partial charge in [0.2, 0.25) is 0 Å². The molecule has 0 aromatic heterocycles. The summed E-state index contributed by atoms with van der Waals surface area (Å²) in [5, 5.41) is 3.61. The van der Waals surface area contributed by atoms with Crippen LogP contribution in [0.2, 0.25) is 0 Å². The lowest BCUT2D eigenvalue weighted by molar-refractivity contribution is 0.211. The van der Waals surface area contributed by atoms with E-state index in [0.717, 1.165) is 60.8 Å². The van der Waals surface area contributed by atoms with Gasteiger partial charge in [-0.05, 0) is 60.7 Å². The molecule has 30 heavy (non-hydrogen) atoms. The van der Waals surface area contributed by atoms with Gasteiger partial charge in [-0.15, -0.1) is 0 Å². The smallest absolute Gasteiger partial charge is 0.161 e. The van der Waals surface area contributed by atoms with E-state index in [1.165, 1.54) is 5.56 Å². The Morgan fingerprint density at radius 3 is 2.53 bits per heavy atom. The number of fused-ring (bicyclic) bond motifs is 1. The molecule has 2 aliphatic heterocycles. The minimum Gasteiger partial charge on any atom is -0.493 e. The summed E-state index contributed by atoms with van der Waals surface area (Å²) >= 11 is 0. The van der Waals surface area contributed by atoms with E-state index >= 15 is 0 Å². The van der Waals surface area contributed by atoms with Crippen LogP contribution in [0, 0.1) is 0 Å². The highest BCUT2D eigenvalue weighted by atomic mass is 32.2. The molecule has 2 aromatic carbocycles. The van der Waals surface area contributed by atoms with Gasteiger partial charge in [-0.25, -0.2) is 8.42 Å². The van der Waals surface area contributed by atoms with Crippen molar-refractivity contribution >= 4 is 15.5 Å². The zero-order valence-corrected chi connectivity index (χ0v) is 18.5. The number of nitrogens with zero attached hydrogens (tertiary/aromatic N) is 1. The molecule has 6 nitrogen and oxygen atoms in total. The first kappa shape index (κ1) is 21.0. The Balaban J connectivity index is 1.31. The summed E-state index contributed by atoms with van der Waals surface area (Å²) < 4.78 is 34.7. The standard InChI is InChI=1S/C23H30N2O4S/c1-3-29-23-12-17(4-7-22(23)28-2)14-25-10-8-20(9-11-25)24-21-6-5-18-15-30(26,27)16-19(18)13-21/h4-7,12-13,20,24H,3,8-11,14-16H2,1-2H3. The van der Waals surface area contributed by atoms with Crippen LogP contribution in [0.1, 0.15) is 36.5 Å². The monoisotopic (exact) mass is 430 g/mol. The predicted octanol–water partition coefficient (Wildman–Crippen LogP) is 3.60. The second-order valence-corrected chi connectivity index (χ2v) is 10.2. The molecule has 0 atom stereocenters. The number of sulfone groups is 1. The van der Waals surface area contributed by atoms with Gasteiger partial charge in [-0.1, -0.05) is 12.1 Å². The Kier molecular flexibility index (Phi) is 6.20. The van der Waals surface area contributed by atoms with Crippen LogP contribution >= 0.6 is 0 Å². The second-order valence-electron chi connectivity index (χ2n) is 8.13. The highest BCUT2D eigenvalue weighted by Crippen LogP contribution is 2.30. The van der Waals surface area contributed by atoms with E-state index in [4.69, 9.17) is 9.47 Å². The number of benzene rings is 2. The van der Waals surface area contributed by atoms with Gasteiger partial charge >= 0.3 is 0 Å². The third-order valence-corrected chi connectivity index (χ3v) is 7.35. The lowest BCUT2D eigenvalue weighted by Crippen LogP contribution is -2.38. The molecule has 0 amide bonds. The van der Waals surface area contributed by atoms with Gasteiger partial charge in [0.1, 0.15) is 0 Å². The summed E-state index contributed by atoms with van der Waals surface area (Å²) in [6, 6.07) is 12.5. The molecule has 0 aliphatic carbocycles. The van der Waals surface area contributed by atoms with E-state index in [9.17, 15) is 8.42 Å². The molecule has 2 heterocycles. The third kappa shape index (κ3) is 4.90. The van der Waals surface area contributed by atoms with Crippen LogP contribution in [0.5, 0.6) is 11.5 Å². The summed E-state index contributed by atoms with van der Waals surface area (Å²) in [5.74, 6) is 1.91. The van der Waals surface area contributed by atoms with Crippen LogP contribution in [0.4, 0.5) is 5.69 Å². The molecular weight excluding hydrogens is 400 g/mol. The molecule has 0 bridgehead atoms. The van der Waals surface area contributed by atoms with Crippen molar-refractivity contribution in [2.24, 2.45) is 0 Å². The number of likely N-dealkylation sites (tertiary alicyclic amines) is 1. The highest BCUT2D eigenvalue weighted by molar-refractivity contribution is 7.90. The van der Waals surface area contributed by atoms with Gasteiger partial charge in [0.15, 0.2) is 21.3 Å². The first-order valence-corrected chi connectivity index (χ1v) is 12.4. The van der Waals surface area contributed by atoms with Crippen molar-refractivity contribution in [2.45, 2.75) is 43.9 Å². The maximum Gasteiger partial charge on any atom is 0.161 e. The molecular formula is C23H30N2O4S. The quantitative estimate of drug-likeness (QED) is 0.724. The van der Waals surface area contributed by atoms with Crippen molar-refractivity contribution in [3.8, 4) is 11.5 Å². The minimum absolute atomic E-state index is 0.169. The Morgan fingerprint density at radius 2 is 1.80 bits per heavy atom. The molecule has 4 rings (SSSR count). The van der Waals surface area contributed by atoms with Crippen molar-refractivity contribution in [3.63, 3.8) is 0 Å². The first-order chi connectivity index (χ1) is 14.5. The van der Waals surface area contributed by atoms with Crippen LogP contribution in [0.25, 0.3) is 0 Å². The number of ether oxygens (including phenoxy) is 2. The first-order valence-electron chi connectivity index (χ1n) is 10.6. The summed E-state index contributed by atoms with van der Waals surface area (Å²) in [5.41, 5.74) is 4.15. The van der Waals surface area contributed by atoms with E-state index in [1.54, 1.807) is 7.11 Å². The summed E-state index contributed by atoms with van der Waals surface area (Å²) in [6.07, 6.45) is 2.12. The number of anilines is 1. The van der Waals surface area contributed by atoms with E-state index in [0.29, 0.717) is 12.6 Å². The fraction of sp³-hybridized carbons (Fsp3) is 0.478. The fourth-order valence-electron chi connectivity index (χ4n) is 4.33. The SMILES string of the molecule is CCOc1cc(CN2CCC(Nc3ccc4c(c3)CS(=O)(=O)C4)CC2)ccc1OC. The number of rotatable bonds is 7. The van der Waals surface area contributed by atoms with Gasteiger partial charge in [0, 0.05) is 31.4 Å². The molecule has 1 saturated heterocycles. The minimum atomic E-state index is -2.95. The maximum atomic E-state index is 11.8. The van der Waals surface area contributed by atoms with Gasteiger partial charge in [0.25, 0.3) is 0 Å². The largest absolute Gasteiger partial charge is 0.493 e. The van der Waals surface area contributed by atoms with E-state index < -0.39 is 9.84 Å². The third-order valence-electron chi connectivity index (χ3n) is 5.85. The van der Waals surface area contributed by atoms with Gasteiger partial charge in [0.05, 0.1) is 25.2 Å². The molecule has 2 aromatic rings. The molecule has 0 saturated carbocycles. The molecule has 0 spiro atoms. The van der Waals surface area contributed by atoms with E-state index in [2.05, 4.69) is 22.3 Å². The maximum absolute atomic E-state index is 11.8. The van der Waals surface area contributed by atoms with E-state index in [1.807, 2.05) is 31.2 Å². The number of methoxy groups -OCH3 is 1. The molecule has 0 radical (unpaired) electrons. The molecule has 0 unspecified atom stereocenters. The van der Waals surface area contributed by atoms with Gasteiger partial charge in [-0.2, -0.15) is 0 Å². The molecule has 1 N–H and O–H groups in total. The summed E-state index contributed by atoms with van der Waals surface area (Å²) in [7, 11) is -1.29.